The molecule has 2 aromatic carbocycles. The molecular weight excluding hydrogens is 516 g/mol. The summed E-state index contributed by atoms with van der Waals surface area (Å²) in [7, 11) is 1.57. The van der Waals surface area contributed by atoms with Gasteiger partial charge in [0.2, 0.25) is 0 Å². The van der Waals surface area contributed by atoms with Crippen LogP contribution in [0.3, 0.4) is 0 Å². The van der Waals surface area contributed by atoms with E-state index in [0.29, 0.717) is 56.6 Å². The minimum atomic E-state index is -0.747. The van der Waals surface area contributed by atoms with Crippen LogP contribution in [0.1, 0.15) is 57.7 Å². The van der Waals surface area contributed by atoms with Gasteiger partial charge in [-0.2, -0.15) is 0 Å². The molecule has 1 aliphatic rings. The molecule has 9 heteroatoms. The third-order valence-corrected chi connectivity index (χ3v) is 7.26. The average molecular weight is 551 g/mol. The maximum atomic E-state index is 13.9. The van der Waals surface area contributed by atoms with Gasteiger partial charge >= 0.3 is 5.97 Å². The molecule has 3 aromatic rings. The first-order valence-corrected chi connectivity index (χ1v) is 14.0. The van der Waals surface area contributed by atoms with Gasteiger partial charge in [-0.1, -0.05) is 48.9 Å². The number of para-hydroxylation sites is 1. The van der Waals surface area contributed by atoms with Crippen LogP contribution in [0, 0.1) is 0 Å². The Bertz CT molecular complexity index is 1550. The maximum Gasteiger partial charge on any atom is 0.338 e. The van der Waals surface area contributed by atoms with E-state index in [0.717, 1.165) is 18.4 Å². The lowest BCUT2D eigenvalue weighted by atomic mass is 9.95. The minimum Gasteiger partial charge on any atom is -0.493 e. The maximum absolute atomic E-state index is 13.9. The zero-order chi connectivity index (χ0) is 27.9. The summed E-state index contributed by atoms with van der Waals surface area (Å²) in [6, 6.07) is 12.3. The highest BCUT2D eigenvalue weighted by molar-refractivity contribution is 7.07. The number of unbranched alkanes of at least 4 members (excludes halogenated alkanes) is 1. The molecule has 1 atom stereocenters. The molecule has 39 heavy (non-hydrogen) atoms. The smallest absolute Gasteiger partial charge is 0.338 e. The van der Waals surface area contributed by atoms with Crippen molar-refractivity contribution in [3.05, 3.63) is 84.5 Å². The lowest BCUT2D eigenvalue weighted by molar-refractivity contribution is -0.139. The number of methoxy groups -OCH3 is 1. The molecule has 0 aliphatic carbocycles. The van der Waals surface area contributed by atoms with Crippen LogP contribution < -0.4 is 29.1 Å². The molecule has 0 N–H and O–H groups in total. The van der Waals surface area contributed by atoms with Gasteiger partial charge in [-0.15, -0.1) is 0 Å². The summed E-state index contributed by atoms with van der Waals surface area (Å²) in [4.78, 5) is 32.3. The summed E-state index contributed by atoms with van der Waals surface area (Å²) in [6.45, 7) is 8.81. The lowest BCUT2D eigenvalue weighted by Crippen LogP contribution is -2.40. The SMILES string of the molecule is CCCCOc1ccc([C@H]2C(C(=O)OCC)=C(C)N=c3s/c(=C/c4ccccc4OCC)c(=O)n32)cc1OC. The first-order valence-electron chi connectivity index (χ1n) is 13.2. The molecule has 0 radical (unpaired) electrons. The van der Waals surface area contributed by atoms with E-state index in [4.69, 9.17) is 18.9 Å². The van der Waals surface area contributed by atoms with Crippen molar-refractivity contribution in [1.82, 2.24) is 4.57 Å². The van der Waals surface area contributed by atoms with Gasteiger partial charge < -0.3 is 18.9 Å². The molecule has 0 unspecified atom stereocenters. The van der Waals surface area contributed by atoms with E-state index in [1.54, 1.807) is 31.6 Å². The van der Waals surface area contributed by atoms with Gasteiger partial charge in [0.1, 0.15) is 5.75 Å². The van der Waals surface area contributed by atoms with Crippen LogP contribution >= 0.6 is 11.3 Å². The molecule has 0 saturated carbocycles. The fourth-order valence-electron chi connectivity index (χ4n) is 4.43. The molecule has 2 heterocycles. The van der Waals surface area contributed by atoms with Crippen molar-refractivity contribution in [3.63, 3.8) is 0 Å². The summed E-state index contributed by atoms with van der Waals surface area (Å²) in [5, 5.41) is 0. The second-order valence-corrected chi connectivity index (χ2v) is 9.89. The Kier molecular flexibility index (Phi) is 9.24. The van der Waals surface area contributed by atoms with E-state index in [2.05, 4.69) is 11.9 Å². The van der Waals surface area contributed by atoms with Crippen LogP contribution in [0.4, 0.5) is 0 Å². The van der Waals surface area contributed by atoms with E-state index in [1.165, 1.54) is 11.3 Å². The van der Waals surface area contributed by atoms with Crippen molar-refractivity contribution in [2.45, 2.75) is 46.6 Å². The fourth-order valence-corrected chi connectivity index (χ4v) is 5.47. The van der Waals surface area contributed by atoms with Crippen LogP contribution in [-0.2, 0) is 9.53 Å². The van der Waals surface area contributed by atoms with E-state index >= 15 is 0 Å². The number of nitrogens with zero attached hydrogens (tertiary/aromatic N) is 2. The number of hydrogen-bond donors (Lipinski definition) is 0. The number of aromatic nitrogens is 1. The van der Waals surface area contributed by atoms with Crippen molar-refractivity contribution in [3.8, 4) is 17.2 Å². The summed E-state index contributed by atoms with van der Waals surface area (Å²) < 4.78 is 24.7. The van der Waals surface area contributed by atoms with Crippen molar-refractivity contribution < 1.29 is 23.7 Å². The van der Waals surface area contributed by atoms with Crippen molar-refractivity contribution in [2.24, 2.45) is 4.99 Å². The van der Waals surface area contributed by atoms with Crippen molar-refractivity contribution >= 4 is 23.4 Å². The van der Waals surface area contributed by atoms with Crippen LogP contribution in [0.15, 0.2) is 63.5 Å². The zero-order valence-corrected chi connectivity index (χ0v) is 23.8. The van der Waals surface area contributed by atoms with Gasteiger partial charge in [0.25, 0.3) is 5.56 Å². The molecule has 4 rings (SSSR count). The highest BCUT2D eigenvalue weighted by Crippen LogP contribution is 2.36. The lowest BCUT2D eigenvalue weighted by Gasteiger charge is -2.25. The third kappa shape index (κ3) is 5.93. The second-order valence-electron chi connectivity index (χ2n) is 8.89. The summed E-state index contributed by atoms with van der Waals surface area (Å²) in [5.74, 6) is 1.30. The van der Waals surface area contributed by atoms with Gasteiger partial charge in [0.15, 0.2) is 16.3 Å². The standard InChI is InChI=1S/C30H34N2O6S/c1-6-9-16-38-23-15-14-21(17-24(23)35-5)27-26(29(34)37-8-3)19(4)31-30-32(27)28(33)25(39-30)18-20-12-10-11-13-22(20)36-7-2/h10-15,17-18,27H,6-9,16H2,1-5H3/b25-18+/t27-/m0/s1. The van der Waals surface area contributed by atoms with Crippen molar-refractivity contribution in [1.29, 1.82) is 0 Å². The molecule has 206 valence electrons. The average Bonchev–Trinajstić information content (AvgIpc) is 3.23. The highest BCUT2D eigenvalue weighted by atomic mass is 32.1. The third-order valence-electron chi connectivity index (χ3n) is 6.28. The molecule has 0 saturated heterocycles. The first kappa shape index (κ1) is 28.2. The normalized spacial score (nSPS) is 15.0. The number of carbonyl (C=O) groups excluding carboxylic acids is 1. The number of allylic oxidation sites excluding steroid dienone is 1. The Labute approximate surface area is 231 Å². The Morgan fingerprint density at radius 1 is 1.05 bits per heavy atom. The quantitative estimate of drug-likeness (QED) is 0.260. The predicted molar refractivity (Wildman–Crippen MR) is 151 cm³/mol. The highest BCUT2D eigenvalue weighted by Gasteiger charge is 2.34. The molecular formula is C30H34N2O6S. The van der Waals surface area contributed by atoms with Gasteiger partial charge in [0, 0.05) is 5.56 Å². The number of thiazole rings is 1. The Morgan fingerprint density at radius 3 is 2.56 bits per heavy atom. The number of esters is 1. The number of ether oxygens (including phenoxy) is 4. The van der Waals surface area contributed by atoms with E-state index < -0.39 is 12.0 Å². The molecule has 1 aliphatic heterocycles. The monoisotopic (exact) mass is 550 g/mol. The summed E-state index contributed by atoms with van der Waals surface area (Å²) >= 11 is 1.27. The van der Waals surface area contributed by atoms with Gasteiger partial charge in [-0.3, -0.25) is 9.36 Å². The van der Waals surface area contributed by atoms with Crippen molar-refractivity contribution in [2.75, 3.05) is 26.9 Å². The predicted octanol–water partition coefficient (Wildman–Crippen LogP) is 4.38. The van der Waals surface area contributed by atoms with Crippen LogP contribution in [0.25, 0.3) is 6.08 Å². The molecule has 8 nitrogen and oxygen atoms in total. The van der Waals surface area contributed by atoms with E-state index in [-0.39, 0.29) is 12.2 Å². The number of carbonyl (C=O) groups is 1. The van der Waals surface area contributed by atoms with E-state index in [1.807, 2.05) is 49.4 Å². The van der Waals surface area contributed by atoms with E-state index in [9.17, 15) is 9.59 Å². The van der Waals surface area contributed by atoms with Crippen LogP contribution in [0.2, 0.25) is 0 Å². The minimum absolute atomic E-state index is 0.203. The molecule has 0 bridgehead atoms. The zero-order valence-electron chi connectivity index (χ0n) is 23.0. The number of rotatable bonds is 11. The molecule has 1 aromatic heterocycles. The Hall–Kier alpha value is -3.85. The summed E-state index contributed by atoms with van der Waals surface area (Å²) in [5.41, 5.74) is 2.04. The fraction of sp³-hybridized carbons (Fsp3) is 0.367. The molecule has 0 fully saturated rings. The molecule has 0 amide bonds. The number of fused-ring (bicyclic) bond motifs is 1. The van der Waals surface area contributed by atoms with Gasteiger partial charge in [-0.25, -0.2) is 9.79 Å². The number of benzene rings is 2. The topological polar surface area (TPSA) is 88.4 Å². The van der Waals surface area contributed by atoms with Gasteiger partial charge in [0.05, 0.1) is 48.8 Å². The second kappa shape index (κ2) is 12.8. The Morgan fingerprint density at radius 2 is 1.85 bits per heavy atom. The Balaban J connectivity index is 1.90. The van der Waals surface area contributed by atoms with Gasteiger partial charge in [-0.05, 0) is 57.0 Å². The largest absolute Gasteiger partial charge is 0.493 e. The number of hydrogen-bond acceptors (Lipinski definition) is 8. The van der Waals surface area contributed by atoms with Crippen LogP contribution in [0.5, 0.6) is 17.2 Å². The molecule has 0 spiro atoms. The van der Waals surface area contributed by atoms with Crippen LogP contribution in [-0.4, -0.2) is 37.5 Å². The summed E-state index contributed by atoms with van der Waals surface area (Å²) in [6.07, 6.45) is 3.74. The first-order chi connectivity index (χ1) is 18.9.